The lowest BCUT2D eigenvalue weighted by atomic mass is 9.95. The van der Waals surface area contributed by atoms with Gasteiger partial charge < -0.3 is 5.11 Å². The van der Waals surface area contributed by atoms with Gasteiger partial charge in [0.05, 0.1) is 17.3 Å². The number of aliphatic hydroxyl groups is 1. The summed E-state index contributed by atoms with van der Waals surface area (Å²) in [5.41, 5.74) is 0.503. The van der Waals surface area contributed by atoms with E-state index < -0.39 is 5.60 Å². The first-order valence-corrected chi connectivity index (χ1v) is 7.41. The third-order valence-electron chi connectivity index (χ3n) is 4.61. The molecule has 1 N–H and O–H groups in total. The molecule has 18 heavy (non-hydrogen) atoms. The summed E-state index contributed by atoms with van der Waals surface area (Å²) < 4.78 is 2.14. The molecule has 1 unspecified atom stereocenters. The lowest BCUT2D eigenvalue weighted by Gasteiger charge is -2.23. The Morgan fingerprint density at radius 3 is 2.67 bits per heavy atom. The Balaban J connectivity index is 1.65. The highest BCUT2D eigenvalue weighted by molar-refractivity contribution is 5.07. The molecule has 1 aromatic rings. The van der Waals surface area contributed by atoms with Crippen molar-refractivity contribution in [1.82, 2.24) is 9.78 Å². The summed E-state index contributed by atoms with van der Waals surface area (Å²) in [6.07, 6.45) is 11.7. The first-order valence-electron chi connectivity index (χ1n) is 7.41. The SMILES string of the molecule is CC(O)(Cc1ccn(C2CCCCC2)n1)C1CC1. The molecule has 0 bridgehead atoms. The lowest BCUT2D eigenvalue weighted by molar-refractivity contribution is 0.0360. The maximum absolute atomic E-state index is 10.4. The van der Waals surface area contributed by atoms with Crippen molar-refractivity contribution in [3.05, 3.63) is 18.0 Å². The van der Waals surface area contributed by atoms with Crippen LogP contribution in [0.4, 0.5) is 0 Å². The average molecular weight is 248 g/mol. The smallest absolute Gasteiger partial charge is 0.0703 e. The zero-order chi connectivity index (χ0) is 12.6. The Kier molecular flexibility index (Phi) is 3.18. The van der Waals surface area contributed by atoms with Crippen LogP contribution in [0, 0.1) is 5.92 Å². The van der Waals surface area contributed by atoms with Gasteiger partial charge in [-0.3, -0.25) is 4.68 Å². The molecule has 1 atom stereocenters. The van der Waals surface area contributed by atoms with Crippen molar-refractivity contribution in [3.8, 4) is 0 Å². The molecule has 3 heteroatoms. The first-order chi connectivity index (χ1) is 8.65. The molecule has 100 valence electrons. The van der Waals surface area contributed by atoms with Gasteiger partial charge in [0.2, 0.25) is 0 Å². The van der Waals surface area contributed by atoms with Crippen LogP contribution in [0.15, 0.2) is 12.3 Å². The maximum atomic E-state index is 10.4. The van der Waals surface area contributed by atoms with Crippen LogP contribution in [-0.4, -0.2) is 20.5 Å². The normalized spacial score (nSPS) is 25.0. The average Bonchev–Trinajstić information content (AvgIpc) is 3.13. The predicted octanol–water partition coefficient (Wildman–Crippen LogP) is 3.09. The van der Waals surface area contributed by atoms with Gasteiger partial charge in [0.1, 0.15) is 0 Å². The van der Waals surface area contributed by atoms with Crippen LogP contribution >= 0.6 is 0 Å². The van der Waals surface area contributed by atoms with Crippen LogP contribution in [0.1, 0.15) is 63.6 Å². The van der Waals surface area contributed by atoms with Crippen molar-refractivity contribution in [3.63, 3.8) is 0 Å². The molecule has 0 spiro atoms. The van der Waals surface area contributed by atoms with Crippen molar-refractivity contribution in [2.24, 2.45) is 5.92 Å². The van der Waals surface area contributed by atoms with E-state index in [-0.39, 0.29) is 0 Å². The number of hydrogen-bond acceptors (Lipinski definition) is 2. The lowest BCUT2D eigenvalue weighted by Crippen LogP contribution is -2.30. The van der Waals surface area contributed by atoms with E-state index in [0.29, 0.717) is 18.4 Å². The molecule has 3 rings (SSSR count). The van der Waals surface area contributed by atoms with Crippen LogP contribution in [0.5, 0.6) is 0 Å². The highest BCUT2D eigenvalue weighted by atomic mass is 16.3. The van der Waals surface area contributed by atoms with Crippen LogP contribution in [-0.2, 0) is 6.42 Å². The molecule has 0 aliphatic heterocycles. The number of rotatable bonds is 4. The van der Waals surface area contributed by atoms with Gasteiger partial charge in [-0.05, 0) is 44.6 Å². The molecular weight excluding hydrogens is 224 g/mol. The molecule has 2 fully saturated rings. The Morgan fingerprint density at radius 2 is 2.00 bits per heavy atom. The van der Waals surface area contributed by atoms with Crippen LogP contribution in [0.2, 0.25) is 0 Å². The molecule has 1 heterocycles. The minimum absolute atomic E-state index is 0.498. The zero-order valence-corrected chi connectivity index (χ0v) is 11.3. The van der Waals surface area contributed by atoms with Crippen molar-refractivity contribution < 1.29 is 5.11 Å². The Labute approximate surface area is 109 Å². The van der Waals surface area contributed by atoms with E-state index in [4.69, 9.17) is 0 Å². The summed E-state index contributed by atoms with van der Waals surface area (Å²) in [6, 6.07) is 2.68. The van der Waals surface area contributed by atoms with Gasteiger partial charge in [-0.15, -0.1) is 0 Å². The monoisotopic (exact) mass is 248 g/mol. The van der Waals surface area contributed by atoms with E-state index in [9.17, 15) is 5.11 Å². The Morgan fingerprint density at radius 1 is 1.28 bits per heavy atom. The molecular formula is C15H24N2O. The quantitative estimate of drug-likeness (QED) is 0.889. The fraction of sp³-hybridized carbons (Fsp3) is 0.800. The number of hydrogen-bond donors (Lipinski definition) is 1. The van der Waals surface area contributed by atoms with Gasteiger partial charge in [-0.1, -0.05) is 19.3 Å². The second kappa shape index (κ2) is 4.69. The van der Waals surface area contributed by atoms with Crippen molar-refractivity contribution in [2.75, 3.05) is 0 Å². The number of nitrogens with zero attached hydrogens (tertiary/aromatic N) is 2. The standard InChI is InChI=1S/C15H24N2O/c1-15(18,12-7-8-12)11-13-9-10-17(16-13)14-5-3-2-4-6-14/h9-10,12,14,18H,2-8,11H2,1H3. The molecule has 3 nitrogen and oxygen atoms in total. The first kappa shape index (κ1) is 12.2. The van der Waals surface area contributed by atoms with Gasteiger partial charge in [-0.25, -0.2) is 0 Å². The summed E-state index contributed by atoms with van der Waals surface area (Å²) in [5.74, 6) is 0.498. The summed E-state index contributed by atoms with van der Waals surface area (Å²) in [7, 11) is 0. The molecule has 2 aliphatic carbocycles. The van der Waals surface area contributed by atoms with E-state index in [0.717, 1.165) is 5.69 Å². The molecule has 2 aliphatic rings. The molecule has 2 saturated carbocycles. The van der Waals surface area contributed by atoms with Crippen LogP contribution in [0.3, 0.4) is 0 Å². The molecule has 0 amide bonds. The summed E-state index contributed by atoms with van der Waals surface area (Å²) >= 11 is 0. The minimum atomic E-state index is -0.550. The fourth-order valence-electron chi connectivity index (χ4n) is 3.24. The van der Waals surface area contributed by atoms with E-state index in [1.54, 1.807) is 0 Å². The zero-order valence-electron chi connectivity index (χ0n) is 11.3. The predicted molar refractivity (Wildman–Crippen MR) is 71.4 cm³/mol. The largest absolute Gasteiger partial charge is 0.389 e. The van der Waals surface area contributed by atoms with Gasteiger partial charge in [0.15, 0.2) is 0 Å². The molecule has 1 aromatic heterocycles. The summed E-state index contributed by atoms with van der Waals surface area (Å²) in [4.78, 5) is 0. The highest BCUT2D eigenvalue weighted by Gasteiger charge is 2.40. The minimum Gasteiger partial charge on any atom is -0.389 e. The van der Waals surface area contributed by atoms with Crippen molar-refractivity contribution in [2.45, 2.75) is 69.9 Å². The van der Waals surface area contributed by atoms with Gasteiger partial charge in [0.25, 0.3) is 0 Å². The summed E-state index contributed by atoms with van der Waals surface area (Å²) in [5, 5.41) is 15.1. The third-order valence-corrected chi connectivity index (χ3v) is 4.61. The fourth-order valence-corrected chi connectivity index (χ4v) is 3.24. The Bertz CT molecular complexity index is 400. The van der Waals surface area contributed by atoms with E-state index in [2.05, 4.69) is 22.0 Å². The molecule has 0 aromatic carbocycles. The van der Waals surface area contributed by atoms with Crippen LogP contribution in [0.25, 0.3) is 0 Å². The number of aromatic nitrogens is 2. The Hall–Kier alpha value is -0.830. The van der Waals surface area contributed by atoms with Gasteiger partial charge >= 0.3 is 0 Å². The van der Waals surface area contributed by atoms with E-state index >= 15 is 0 Å². The maximum Gasteiger partial charge on any atom is 0.0703 e. The molecule has 0 radical (unpaired) electrons. The second-order valence-electron chi connectivity index (χ2n) is 6.39. The topological polar surface area (TPSA) is 38.0 Å². The highest BCUT2D eigenvalue weighted by Crippen LogP contribution is 2.41. The van der Waals surface area contributed by atoms with Gasteiger partial charge in [0, 0.05) is 12.6 Å². The van der Waals surface area contributed by atoms with E-state index in [1.165, 1.54) is 44.9 Å². The van der Waals surface area contributed by atoms with Crippen molar-refractivity contribution in [1.29, 1.82) is 0 Å². The molecule has 0 saturated heterocycles. The van der Waals surface area contributed by atoms with Gasteiger partial charge in [-0.2, -0.15) is 5.10 Å². The third kappa shape index (κ3) is 2.61. The van der Waals surface area contributed by atoms with Crippen LogP contribution < -0.4 is 0 Å². The second-order valence-corrected chi connectivity index (χ2v) is 6.39. The van der Waals surface area contributed by atoms with E-state index in [1.807, 2.05) is 6.92 Å². The van der Waals surface area contributed by atoms with Crippen molar-refractivity contribution >= 4 is 0 Å². The summed E-state index contributed by atoms with van der Waals surface area (Å²) in [6.45, 7) is 1.96.